The van der Waals surface area contributed by atoms with Crippen molar-refractivity contribution in [3.05, 3.63) is 81.8 Å². The fraction of sp³-hybridized carbons (Fsp3) is 0.314. The number of ether oxygens (including phenoxy) is 2. The second-order valence-electron chi connectivity index (χ2n) is 12.3. The molecule has 1 atom stereocenters. The Bertz CT molecular complexity index is 1930. The van der Waals surface area contributed by atoms with Crippen LogP contribution in [-0.2, 0) is 11.3 Å². The van der Waals surface area contributed by atoms with Crippen molar-refractivity contribution in [2.24, 2.45) is 4.99 Å². The molecular formula is C35H34Cl2N6O5. The van der Waals surface area contributed by atoms with Gasteiger partial charge < -0.3 is 19.9 Å². The van der Waals surface area contributed by atoms with Crippen molar-refractivity contribution in [1.82, 2.24) is 25.2 Å². The number of nitrogens with zero attached hydrogens (tertiary/aromatic N) is 5. The molecule has 48 heavy (non-hydrogen) atoms. The maximum atomic E-state index is 11.7. The number of aromatic nitrogens is 2. The van der Waals surface area contributed by atoms with E-state index in [0.717, 1.165) is 41.3 Å². The number of amidine groups is 1. The van der Waals surface area contributed by atoms with E-state index in [1.165, 1.54) is 7.11 Å². The number of carbonyl (C=O) groups excluding carboxylic acids is 1. The Morgan fingerprint density at radius 3 is 2.04 bits per heavy atom. The molecule has 1 spiro atoms. The summed E-state index contributed by atoms with van der Waals surface area (Å²) in [7, 11) is 3.10. The highest BCUT2D eigenvalue weighted by Gasteiger charge is 2.47. The van der Waals surface area contributed by atoms with Crippen LogP contribution in [0.2, 0.25) is 10.0 Å². The second kappa shape index (κ2) is 13.0. The van der Waals surface area contributed by atoms with Crippen LogP contribution in [0.1, 0.15) is 24.0 Å². The highest BCUT2D eigenvalue weighted by atomic mass is 35.5. The molecule has 2 aromatic carbocycles. The predicted octanol–water partition coefficient (Wildman–Crippen LogP) is 5.08. The third kappa shape index (κ3) is 5.75. The molecule has 0 saturated carbocycles. The van der Waals surface area contributed by atoms with Gasteiger partial charge in [-0.2, -0.15) is 0 Å². The molecular weight excluding hydrogens is 655 g/mol. The highest BCUT2D eigenvalue weighted by Crippen LogP contribution is 2.43. The molecule has 0 aliphatic carbocycles. The Morgan fingerprint density at radius 2 is 1.48 bits per heavy atom. The first kappa shape index (κ1) is 32.3. The van der Waals surface area contributed by atoms with Gasteiger partial charge in [0.2, 0.25) is 17.7 Å². The summed E-state index contributed by atoms with van der Waals surface area (Å²) in [6.45, 7) is 2.31. The van der Waals surface area contributed by atoms with Crippen LogP contribution in [0.25, 0.3) is 33.6 Å². The van der Waals surface area contributed by atoms with E-state index in [1.54, 1.807) is 19.2 Å². The summed E-state index contributed by atoms with van der Waals surface area (Å²) < 4.78 is 11.3. The number of aliphatic hydroxyl groups is 1. The van der Waals surface area contributed by atoms with Crippen LogP contribution in [-0.4, -0.2) is 94.0 Å². The van der Waals surface area contributed by atoms with Crippen LogP contribution < -0.4 is 14.8 Å². The molecule has 11 nitrogen and oxygen atoms in total. The molecule has 13 heteroatoms. The van der Waals surface area contributed by atoms with Gasteiger partial charge in [-0.25, -0.2) is 15.0 Å². The number of halogens is 2. The number of nitrogens with one attached hydrogen (secondary N) is 1. The number of hydrogen-bond donors (Lipinski definition) is 3. The summed E-state index contributed by atoms with van der Waals surface area (Å²) in [5.41, 5.74) is 5.42. The first-order chi connectivity index (χ1) is 23.2. The van der Waals surface area contributed by atoms with E-state index >= 15 is 0 Å². The molecule has 3 N–H and O–H groups in total. The van der Waals surface area contributed by atoms with E-state index in [4.69, 9.17) is 37.7 Å². The quantitative estimate of drug-likeness (QED) is 0.220. The minimum Gasteiger partial charge on any atom is -0.481 e. The number of pyridine rings is 2. The number of carbonyl (C=O) groups is 1. The minimum atomic E-state index is -0.522. The summed E-state index contributed by atoms with van der Waals surface area (Å²) in [4.78, 5) is 27.9. The monoisotopic (exact) mass is 688 g/mol. The van der Waals surface area contributed by atoms with E-state index in [9.17, 15) is 15.1 Å². The zero-order valence-corrected chi connectivity index (χ0v) is 27.9. The Kier molecular flexibility index (Phi) is 8.73. The van der Waals surface area contributed by atoms with Gasteiger partial charge in [-0.3, -0.25) is 19.9 Å². The lowest BCUT2D eigenvalue weighted by Gasteiger charge is -2.48. The van der Waals surface area contributed by atoms with Crippen molar-refractivity contribution in [2.75, 3.05) is 40.5 Å². The van der Waals surface area contributed by atoms with E-state index in [-0.39, 0.29) is 36.3 Å². The lowest BCUT2D eigenvalue weighted by atomic mass is 9.88. The molecule has 0 radical (unpaired) electrons. The maximum Gasteiger partial charge on any atom is 0.224 e. The van der Waals surface area contributed by atoms with Crippen molar-refractivity contribution >= 4 is 34.9 Å². The number of hydrogen-bond acceptors (Lipinski definition) is 10. The summed E-state index contributed by atoms with van der Waals surface area (Å²) in [5, 5.41) is 25.0. The Hall–Kier alpha value is -4.26. The number of amides is 1. The molecule has 1 amide bonds. The number of benzene rings is 2. The summed E-state index contributed by atoms with van der Waals surface area (Å²) >= 11 is 14.1. The molecule has 1 unspecified atom stereocenters. The smallest absolute Gasteiger partial charge is 0.224 e. The molecule has 7 rings (SSSR count). The van der Waals surface area contributed by atoms with Gasteiger partial charge in [0.1, 0.15) is 6.04 Å². The average Bonchev–Trinajstić information content (AvgIpc) is 3.66. The van der Waals surface area contributed by atoms with Gasteiger partial charge in [0.15, 0.2) is 5.84 Å². The molecule has 2 aromatic heterocycles. The van der Waals surface area contributed by atoms with Gasteiger partial charge in [-0.1, -0.05) is 65.7 Å². The molecule has 5 heterocycles. The largest absolute Gasteiger partial charge is 0.481 e. The molecule has 0 bridgehead atoms. The van der Waals surface area contributed by atoms with Crippen LogP contribution in [0.15, 0.2) is 65.7 Å². The molecule has 2 fully saturated rings. The van der Waals surface area contributed by atoms with Gasteiger partial charge in [0.05, 0.1) is 59.9 Å². The molecule has 2 saturated heterocycles. The van der Waals surface area contributed by atoms with E-state index in [0.29, 0.717) is 57.0 Å². The van der Waals surface area contributed by atoms with Gasteiger partial charge in [0, 0.05) is 53.9 Å². The van der Waals surface area contributed by atoms with Gasteiger partial charge in [-0.05, 0) is 24.6 Å². The summed E-state index contributed by atoms with van der Waals surface area (Å²) in [5.74, 6) is 1.19. The van der Waals surface area contributed by atoms with Crippen molar-refractivity contribution in [2.45, 2.75) is 31.0 Å². The van der Waals surface area contributed by atoms with E-state index in [1.807, 2.05) is 48.5 Å². The van der Waals surface area contributed by atoms with E-state index in [2.05, 4.69) is 20.2 Å². The van der Waals surface area contributed by atoms with Crippen LogP contribution in [0.4, 0.5) is 0 Å². The SMILES string of the molecule is COc1nc(-c2cccc(-c3cccc(-c4ccc(C5=NCC(CO)N5O)c(OC)n4)c3Cl)c2Cl)ccc1CN1CC2(CCC(=O)N2)C1. The van der Waals surface area contributed by atoms with Crippen molar-refractivity contribution in [3.63, 3.8) is 0 Å². The predicted molar refractivity (Wildman–Crippen MR) is 183 cm³/mol. The fourth-order valence-corrected chi connectivity index (χ4v) is 7.39. The molecule has 248 valence electrons. The lowest BCUT2D eigenvalue weighted by Crippen LogP contribution is -2.66. The fourth-order valence-electron chi connectivity index (χ4n) is 6.74. The van der Waals surface area contributed by atoms with Crippen LogP contribution >= 0.6 is 23.2 Å². The van der Waals surface area contributed by atoms with Gasteiger partial charge >= 0.3 is 0 Å². The van der Waals surface area contributed by atoms with Crippen molar-refractivity contribution in [3.8, 4) is 45.4 Å². The Labute approximate surface area is 287 Å². The van der Waals surface area contributed by atoms with Gasteiger partial charge in [0.25, 0.3) is 0 Å². The topological polar surface area (TPSA) is 133 Å². The number of aliphatic imine (C=N–C) groups is 1. The van der Waals surface area contributed by atoms with Crippen LogP contribution in [0, 0.1) is 0 Å². The summed E-state index contributed by atoms with van der Waals surface area (Å²) in [6, 6.07) is 18.4. The van der Waals surface area contributed by atoms with Crippen LogP contribution in [0.3, 0.4) is 0 Å². The van der Waals surface area contributed by atoms with Crippen molar-refractivity contribution < 1.29 is 24.6 Å². The lowest BCUT2D eigenvalue weighted by molar-refractivity contribution is -0.120. The third-order valence-electron chi connectivity index (χ3n) is 9.17. The molecule has 3 aliphatic rings. The van der Waals surface area contributed by atoms with Crippen molar-refractivity contribution in [1.29, 1.82) is 0 Å². The first-order valence-corrected chi connectivity index (χ1v) is 16.3. The number of rotatable bonds is 9. The molecule has 4 aromatic rings. The highest BCUT2D eigenvalue weighted by molar-refractivity contribution is 6.39. The number of methoxy groups -OCH3 is 2. The minimum absolute atomic E-state index is 0.0900. The third-order valence-corrected chi connectivity index (χ3v) is 9.99. The molecule has 3 aliphatic heterocycles. The number of aliphatic hydroxyl groups excluding tert-OH is 1. The first-order valence-electron chi connectivity index (χ1n) is 15.6. The Morgan fingerprint density at radius 1 is 0.875 bits per heavy atom. The second-order valence-corrected chi connectivity index (χ2v) is 13.0. The van der Waals surface area contributed by atoms with Gasteiger partial charge in [-0.15, -0.1) is 0 Å². The Balaban J connectivity index is 1.16. The zero-order valence-electron chi connectivity index (χ0n) is 26.4. The summed E-state index contributed by atoms with van der Waals surface area (Å²) in [6.07, 6.45) is 1.47. The zero-order chi connectivity index (χ0) is 33.6. The van der Waals surface area contributed by atoms with E-state index < -0.39 is 6.04 Å². The average molecular weight is 690 g/mol. The number of likely N-dealkylation sites (tertiary alicyclic amines) is 1. The number of hydroxylamine groups is 2. The standard InChI is InChI=1S/C35H34Cl2N6O5/c1-47-33-20(16-42-18-35(19-42)14-13-29(45)41-35)9-11-27(39-33)24-7-3-5-22(30(24)36)23-6-4-8-25(31(23)37)28-12-10-26(34(40-28)48-2)32-38-15-21(17-44)43(32)46/h3-12,21,44,46H,13-19H2,1-2H3,(H,41,45). The van der Waals surface area contributed by atoms with Crippen LogP contribution in [0.5, 0.6) is 11.8 Å². The normalized spacial score (nSPS) is 18.5. The maximum absolute atomic E-state index is 11.7.